The van der Waals surface area contributed by atoms with E-state index in [0.717, 1.165) is 0 Å². The molecule has 0 saturated heterocycles. The number of benzene rings is 1. The molecule has 2 rings (SSSR count). The molecule has 0 aliphatic heterocycles. The molecule has 0 saturated carbocycles. The number of alkyl halides is 3. The van der Waals surface area contributed by atoms with Crippen LogP contribution in [0.4, 0.5) is 13.2 Å². The van der Waals surface area contributed by atoms with Crippen LogP contribution < -0.4 is 4.74 Å². The smallest absolute Gasteiger partial charge is 0.506 e. The number of pyridine rings is 1. The molecule has 2 aromatic rings. The third-order valence-corrected chi connectivity index (χ3v) is 2.52. The number of halogens is 3. The van der Waals surface area contributed by atoms with E-state index in [-0.39, 0.29) is 22.6 Å². The Hall–Kier alpha value is -2.28. The van der Waals surface area contributed by atoms with Gasteiger partial charge in [-0.25, -0.2) is 0 Å². The van der Waals surface area contributed by atoms with Gasteiger partial charge in [-0.05, 0) is 12.1 Å². The van der Waals surface area contributed by atoms with Crippen molar-refractivity contribution in [2.45, 2.75) is 13.0 Å². The minimum Gasteiger partial charge on any atom is -0.506 e. The first kappa shape index (κ1) is 14.1. The van der Waals surface area contributed by atoms with Crippen LogP contribution in [-0.4, -0.2) is 21.6 Å². The molecular weight excluding hydrogens is 275 g/mol. The number of aromatic nitrogens is 1. The molecule has 2 N–H and O–H groups in total. The Morgan fingerprint density at radius 2 is 1.90 bits per heavy atom. The highest BCUT2D eigenvalue weighted by atomic mass is 19.4. The van der Waals surface area contributed by atoms with Crippen LogP contribution >= 0.6 is 0 Å². The van der Waals surface area contributed by atoms with E-state index in [1.54, 1.807) is 0 Å². The van der Waals surface area contributed by atoms with E-state index in [2.05, 4.69) is 9.72 Å². The fourth-order valence-electron chi connectivity index (χ4n) is 1.67. The third kappa shape index (κ3) is 3.18. The molecule has 0 aliphatic rings. The maximum atomic E-state index is 12.3. The molecule has 0 fully saturated rings. The largest absolute Gasteiger partial charge is 0.573 e. The zero-order valence-electron chi connectivity index (χ0n) is 10.1. The van der Waals surface area contributed by atoms with Crippen LogP contribution in [0.5, 0.6) is 11.5 Å². The van der Waals surface area contributed by atoms with E-state index in [1.807, 2.05) is 0 Å². The van der Waals surface area contributed by atoms with Gasteiger partial charge in [-0.2, -0.15) is 0 Å². The highest BCUT2D eigenvalue weighted by Gasteiger charge is 2.32. The average molecular weight is 285 g/mol. The van der Waals surface area contributed by atoms with Gasteiger partial charge in [-0.3, -0.25) is 4.98 Å². The SMILES string of the molecule is OCc1ncc(-c2ccccc2OC(F)(F)F)cc1O. The van der Waals surface area contributed by atoms with Crippen molar-refractivity contribution < 1.29 is 28.1 Å². The first-order valence-electron chi connectivity index (χ1n) is 5.54. The molecule has 0 radical (unpaired) electrons. The number of aliphatic hydroxyl groups is 1. The minimum absolute atomic E-state index is 0.0444. The molecule has 0 bridgehead atoms. The Morgan fingerprint density at radius 1 is 1.20 bits per heavy atom. The number of aromatic hydroxyl groups is 1. The molecule has 1 aromatic heterocycles. The van der Waals surface area contributed by atoms with E-state index in [1.165, 1.54) is 36.5 Å². The second-order valence-electron chi connectivity index (χ2n) is 3.89. The van der Waals surface area contributed by atoms with Crippen LogP contribution in [0.3, 0.4) is 0 Å². The number of hydrogen-bond acceptors (Lipinski definition) is 4. The summed E-state index contributed by atoms with van der Waals surface area (Å²) in [5.74, 6) is -0.690. The first-order valence-corrected chi connectivity index (χ1v) is 5.54. The lowest BCUT2D eigenvalue weighted by atomic mass is 10.1. The lowest BCUT2D eigenvalue weighted by molar-refractivity contribution is -0.274. The normalized spacial score (nSPS) is 11.4. The van der Waals surface area contributed by atoms with E-state index >= 15 is 0 Å². The zero-order valence-corrected chi connectivity index (χ0v) is 10.1. The van der Waals surface area contributed by atoms with Crippen molar-refractivity contribution in [1.29, 1.82) is 0 Å². The predicted molar refractivity (Wildman–Crippen MR) is 63.9 cm³/mol. The number of rotatable bonds is 3. The molecule has 7 heteroatoms. The fraction of sp³-hybridized carbons (Fsp3) is 0.154. The molecule has 20 heavy (non-hydrogen) atoms. The van der Waals surface area contributed by atoms with Gasteiger partial charge in [0.15, 0.2) is 0 Å². The maximum Gasteiger partial charge on any atom is 0.573 e. The lowest BCUT2D eigenvalue weighted by Crippen LogP contribution is -2.17. The number of hydrogen-bond donors (Lipinski definition) is 2. The summed E-state index contributed by atoms with van der Waals surface area (Å²) in [6, 6.07) is 6.74. The summed E-state index contributed by atoms with van der Waals surface area (Å²) in [6.45, 7) is -0.465. The topological polar surface area (TPSA) is 62.6 Å². The van der Waals surface area contributed by atoms with Gasteiger partial charge < -0.3 is 14.9 Å². The van der Waals surface area contributed by atoms with Gasteiger partial charge in [0.2, 0.25) is 0 Å². The number of para-hydroxylation sites is 1. The second kappa shape index (κ2) is 5.38. The molecule has 1 aromatic carbocycles. The number of nitrogens with zero attached hydrogens (tertiary/aromatic N) is 1. The molecule has 4 nitrogen and oxygen atoms in total. The summed E-state index contributed by atoms with van der Waals surface area (Å²) in [4.78, 5) is 3.77. The summed E-state index contributed by atoms with van der Waals surface area (Å²) in [5.41, 5.74) is 0.430. The summed E-state index contributed by atoms with van der Waals surface area (Å²) in [5, 5.41) is 18.5. The molecule has 1 heterocycles. The first-order chi connectivity index (χ1) is 9.40. The van der Waals surface area contributed by atoms with Crippen LogP contribution in [0, 0.1) is 0 Å². The lowest BCUT2D eigenvalue weighted by Gasteiger charge is -2.13. The van der Waals surface area contributed by atoms with Crippen molar-refractivity contribution in [3.63, 3.8) is 0 Å². The van der Waals surface area contributed by atoms with E-state index < -0.39 is 18.7 Å². The Kier molecular flexibility index (Phi) is 3.80. The van der Waals surface area contributed by atoms with Crippen molar-refractivity contribution >= 4 is 0 Å². The van der Waals surface area contributed by atoms with Crippen molar-refractivity contribution in [3.8, 4) is 22.6 Å². The molecule has 0 atom stereocenters. The van der Waals surface area contributed by atoms with Crippen molar-refractivity contribution in [3.05, 3.63) is 42.2 Å². The van der Waals surface area contributed by atoms with Crippen molar-refractivity contribution in [2.24, 2.45) is 0 Å². The standard InChI is InChI=1S/C13H10F3NO3/c14-13(15,16)20-12-4-2-1-3-9(12)8-5-11(19)10(7-18)17-6-8/h1-6,18-19H,7H2. The van der Waals surface area contributed by atoms with Crippen LogP contribution in [-0.2, 0) is 6.61 Å². The fourth-order valence-corrected chi connectivity index (χ4v) is 1.67. The Bertz CT molecular complexity index is 614. The van der Waals surface area contributed by atoms with Gasteiger partial charge >= 0.3 is 6.36 Å². The Labute approximate surface area is 112 Å². The molecule has 0 spiro atoms. The zero-order chi connectivity index (χ0) is 14.8. The summed E-state index contributed by atoms with van der Waals surface area (Å²) < 4.78 is 40.9. The minimum atomic E-state index is -4.81. The van der Waals surface area contributed by atoms with Crippen LogP contribution in [0.1, 0.15) is 5.69 Å². The number of aliphatic hydroxyl groups excluding tert-OH is 1. The molecule has 106 valence electrons. The predicted octanol–water partition coefficient (Wildman–Crippen LogP) is 2.85. The van der Waals surface area contributed by atoms with Crippen LogP contribution in [0.15, 0.2) is 36.5 Å². The molecule has 0 unspecified atom stereocenters. The van der Waals surface area contributed by atoms with Gasteiger partial charge in [0.05, 0.1) is 6.61 Å². The summed E-state index contributed by atoms with van der Waals surface area (Å²) in [6.07, 6.45) is -3.56. The van der Waals surface area contributed by atoms with Gasteiger partial charge in [0.25, 0.3) is 0 Å². The van der Waals surface area contributed by atoms with Crippen LogP contribution in [0.25, 0.3) is 11.1 Å². The highest BCUT2D eigenvalue weighted by Crippen LogP contribution is 2.34. The van der Waals surface area contributed by atoms with Gasteiger partial charge in [-0.15, -0.1) is 13.2 Å². The molecule has 0 amide bonds. The Morgan fingerprint density at radius 3 is 2.50 bits per heavy atom. The van der Waals surface area contributed by atoms with E-state index in [9.17, 15) is 18.3 Å². The highest BCUT2D eigenvalue weighted by molar-refractivity contribution is 5.71. The van der Waals surface area contributed by atoms with Gasteiger partial charge in [-0.1, -0.05) is 18.2 Å². The quantitative estimate of drug-likeness (QED) is 0.910. The van der Waals surface area contributed by atoms with E-state index in [4.69, 9.17) is 5.11 Å². The Balaban J connectivity index is 2.45. The molecule has 0 aliphatic carbocycles. The van der Waals surface area contributed by atoms with Crippen molar-refractivity contribution in [2.75, 3.05) is 0 Å². The monoisotopic (exact) mass is 285 g/mol. The van der Waals surface area contributed by atoms with E-state index in [0.29, 0.717) is 0 Å². The maximum absolute atomic E-state index is 12.3. The third-order valence-electron chi connectivity index (χ3n) is 2.52. The summed E-state index contributed by atoms with van der Waals surface area (Å²) >= 11 is 0. The number of ether oxygens (including phenoxy) is 1. The van der Waals surface area contributed by atoms with Crippen molar-refractivity contribution in [1.82, 2.24) is 4.98 Å². The van der Waals surface area contributed by atoms with Gasteiger partial charge in [0, 0.05) is 17.3 Å². The average Bonchev–Trinajstić information content (AvgIpc) is 2.37. The molecular formula is C13H10F3NO3. The van der Waals surface area contributed by atoms with Crippen LogP contribution in [0.2, 0.25) is 0 Å². The summed E-state index contributed by atoms with van der Waals surface area (Å²) in [7, 11) is 0. The second-order valence-corrected chi connectivity index (χ2v) is 3.89. The van der Waals surface area contributed by atoms with Gasteiger partial charge in [0.1, 0.15) is 17.2 Å².